The number of hydrogen-bond donors (Lipinski definition) is 2. The molecule has 0 saturated carbocycles. The van der Waals surface area contributed by atoms with Gasteiger partial charge in [-0.2, -0.15) is 0 Å². The summed E-state index contributed by atoms with van der Waals surface area (Å²) in [6, 6.07) is 8.86. The van der Waals surface area contributed by atoms with Crippen molar-refractivity contribution < 1.29 is 9.59 Å². The fourth-order valence-electron chi connectivity index (χ4n) is 3.47. The predicted molar refractivity (Wildman–Crippen MR) is 124 cm³/mol. The Morgan fingerprint density at radius 2 is 1.87 bits per heavy atom. The number of aryl methyl sites for hydroxylation is 1. The van der Waals surface area contributed by atoms with Crippen molar-refractivity contribution in [2.75, 3.05) is 18.4 Å². The topological polar surface area (TPSA) is 101 Å². The first-order chi connectivity index (χ1) is 14.9. The van der Waals surface area contributed by atoms with Crippen LogP contribution in [-0.4, -0.2) is 40.6 Å². The molecule has 0 fully saturated rings. The Balaban J connectivity index is 1.86. The van der Waals surface area contributed by atoms with E-state index in [1.165, 1.54) is 0 Å². The normalized spacial score (nSPS) is 12.9. The molecule has 7 heteroatoms. The van der Waals surface area contributed by atoms with Gasteiger partial charge in [-0.1, -0.05) is 19.9 Å². The van der Waals surface area contributed by atoms with Gasteiger partial charge in [0.05, 0.1) is 17.6 Å². The molecule has 0 radical (unpaired) electrons. The van der Waals surface area contributed by atoms with Crippen molar-refractivity contribution in [1.82, 2.24) is 9.88 Å². The highest BCUT2D eigenvalue weighted by molar-refractivity contribution is 6.07. The molecule has 1 aromatic carbocycles. The zero-order valence-corrected chi connectivity index (χ0v) is 18.3. The molecule has 1 aliphatic heterocycles. The summed E-state index contributed by atoms with van der Waals surface area (Å²) in [6.07, 6.45) is 5.53. The second-order valence-corrected chi connectivity index (χ2v) is 7.66. The maximum Gasteiger partial charge on any atom is 0.255 e. The Bertz CT molecular complexity index is 1020. The molecule has 0 bridgehead atoms. The van der Waals surface area contributed by atoms with Gasteiger partial charge in [-0.25, -0.2) is 4.99 Å². The van der Waals surface area contributed by atoms with Crippen molar-refractivity contribution in [3.8, 4) is 0 Å². The lowest BCUT2D eigenvalue weighted by molar-refractivity contribution is -0.127. The fraction of sp³-hybridized carbons (Fsp3) is 0.333. The van der Waals surface area contributed by atoms with E-state index in [2.05, 4.69) is 29.1 Å². The van der Waals surface area contributed by atoms with Gasteiger partial charge in [-0.15, -0.1) is 0 Å². The van der Waals surface area contributed by atoms with Crippen LogP contribution in [0.1, 0.15) is 54.7 Å². The lowest BCUT2D eigenvalue weighted by atomic mass is 10.0. The summed E-state index contributed by atoms with van der Waals surface area (Å²) in [5, 5.41) is 2.83. The minimum absolute atomic E-state index is 0.0107. The third kappa shape index (κ3) is 5.57. The van der Waals surface area contributed by atoms with Gasteiger partial charge in [-0.05, 0) is 50.1 Å². The number of rotatable bonds is 7. The molecule has 7 nitrogen and oxygen atoms in total. The van der Waals surface area contributed by atoms with E-state index in [9.17, 15) is 9.59 Å². The number of carbonyl (C=O) groups excluding carboxylic acids is 2. The first-order valence-electron chi connectivity index (χ1n) is 10.6. The number of fused-ring (bicyclic) bond motifs is 1. The minimum atomic E-state index is -0.260. The predicted octanol–water partition coefficient (Wildman–Crippen LogP) is 4.07. The van der Waals surface area contributed by atoms with Gasteiger partial charge >= 0.3 is 0 Å². The van der Waals surface area contributed by atoms with Crippen LogP contribution in [0, 0.1) is 6.92 Å². The number of nitrogens with zero attached hydrogens (tertiary/aromatic N) is 3. The molecule has 3 N–H and O–H groups in total. The van der Waals surface area contributed by atoms with Gasteiger partial charge in [0, 0.05) is 41.9 Å². The maximum atomic E-state index is 13.1. The Morgan fingerprint density at radius 3 is 2.52 bits per heavy atom. The number of nitrogens with one attached hydrogen (secondary N) is 1. The largest absolute Gasteiger partial charge is 0.387 e. The number of anilines is 1. The van der Waals surface area contributed by atoms with Gasteiger partial charge in [0.2, 0.25) is 5.91 Å². The third-order valence-corrected chi connectivity index (χ3v) is 4.98. The van der Waals surface area contributed by atoms with Crippen LogP contribution in [0.15, 0.2) is 47.1 Å². The van der Waals surface area contributed by atoms with Crippen LogP contribution in [0.3, 0.4) is 0 Å². The van der Waals surface area contributed by atoms with Crippen LogP contribution in [0.2, 0.25) is 0 Å². The van der Waals surface area contributed by atoms with Crippen molar-refractivity contribution >= 4 is 35.1 Å². The second-order valence-electron chi connectivity index (χ2n) is 7.66. The quantitative estimate of drug-likeness (QED) is 0.706. The lowest BCUT2D eigenvalue weighted by Crippen LogP contribution is -2.34. The zero-order valence-electron chi connectivity index (χ0n) is 18.3. The van der Waals surface area contributed by atoms with Gasteiger partial charge in [0.25, 0.3) is 5.91 Å². The summed E-state index contributed by atoms with van der Waals surface area (Å²) in [5.74, 6) is 0.0822. The number of amidine groups is 1. The lowest BCUT2D eigenvalue weighted by Gasteiger charge is -2.22. The molecular weight excluding hydrogens is 390 g/mol. The van der Waals surface area contributed by atoms with Crippen LogP contribution in [0.25, 0.3) is 6.08 Å². The van der Waals surface area contributed by atoms with E-state index in [4.69, 9.17) is 5.73 Å². The fourth-order valence-corrected chi connectivity index (χ4v) is 3.47. The van der Waals surface area contributed by atoms with E-state index in [1.54, 1.807) is 30.5 Å². The molecule has 0 unspecified atom stereocenters. The average molecular weight is 420 g/mol. The van der Waals surface area contributed by atoms with Crippen molar-refractivity contribution in [3.05, 3.63) is 58.9 Å². The number of aliphatic imine (C=N–C) groups is 1. The summed E-state index contributed by atoms with van der Waals surface area (Å²) in [7, 11) is 0. The highest BCUT2D eigenvalue weighted by Gasteiger charge is 2.21. The summed E-state index contributed by atoms with van der Waals surface area (Å²) in [4.78, 5) is 36.2. The van der Waals surface area contributed by atoms with Crippen LogP contribution in [0.5, 0.6) is 0 Å². The zero-order chi connectivity index (χ0) is 22.4. The number of nitrogens with two attached hydrogens (primary N) is 1. The molecule has 31 heavy (non-hydrogen) atoms. The first-order valence-corrected chi connectivity index (χ1v) is 10.6. The van der Waals surface area contributed by atoms with Crippen molar-refractivity contribution in [2.24, 2.45) is 10.7 Å². The van der Waals surface area contributed by atoms with E-state index >= 15 is 0 Å². The highest BCUT2D eigenvalue weighted by atomic mass is 16.2. The van der Waals surface area contributed by atoms with Crippen LogP contribution < -0.4 is 11.1 Å². The monoisotopic (exact) mass is 419 g/mol. The van der Waals surface area contributed by atoms with Gasteiger partial charge in [-0.3, -0.25) is 14.6 Å². The molecular formula is C24H29N5O2. The van der Waals surface area contributed by atoms with E-state index in [0.29, 0.717) is 41.4 Å². The maximum absolute atomic E-state index is 13.1. The first kappa shape index (κ1) is 22.2. The summed E-state index contributed by atoms with van der Waals surface area (Å²) in [5.41, 5.74) is 10.0. The number of benzene rings is 1. The minimum Gasteiger partial charge on any atom is -0.387 e. The number of hydrogen-bond acceptors (Lipinski definition) is 5. The molecule has 2 amide bonds. The van der Waals surface area contributed by atoms with Gasteiger partial charge in [0.1, 0.15) is 5.84 Å². The average Bonchev–Trinajstić information content (AvgIpc) is 2.92. The SMILES string of the molecule is CCCN(CCC)C(=O)C1=Cc2ccc(C(=O)Nc3ccc(C)nc3)cc2N=C(N)C1. The number of carbonyl (C=O) groups is 2. The number of amides is 2. The molecule has 2 heterocycles. The smallest absolute Gasteiger partial charge is 0.255 e. The van der Waals surface area contributed by atoms with Crippen LogP contribution in [0.4, 0.5) is 11.4 Å². The van der Waals surface area contributed by atoms with Crippen molar-refractivity contribution in [2.45, 2.75) is 40.0 Å². The Kier molecular flexibility index (Phi) is 7.18. The molecule has 0 saturated heterocycles. The van der Waals surface area contributed by atoms with Crippen LogP contribution >= 0.6 is 0 Å². The number of pyridine rings is 1. The molecule has 0 atom stereocenters. The van der Waals surface area contributed by atoms with E-state index in [1.807, 2.05) is 24.0 Å². The Hall–Kier alpha value is -3.48. The van der Waals surface area contributed by atoms with Crippen LogP contribution in [-0.2, 0) is 4.79 Å². The van der Waals surface area contributed by atoms with Crippen molar-refractivity contribution in [3.63, 3.8) is 0 Å². The Labute approximate surface area is 183 Å². The molecule has 1 aromatic heterocycles. The van der Waals surface area contributed by atoms with Gasteiger partial charge < -0.3 is 16.0 Å². The molecule has 0 spiro atoms. The highest BCUT2D eigenvalue weighted by Crippen LogP contribution is 2.28. The molecule has 1 aliphatic rings. The van der Waals surface area contributed by atoms with Crippen molar-refractivity contribution in [1.29, 1.82) is 0 Å². The molecule has 0 aliphatic carbocycles. The molecule has 162 valence electrons. The van der Waals surface area contributed by atoms with E-state index in [0.717, 1.165) is 24.1 Å². The summed E-state index contributed by atoms with van der Waals surface area (Å²) < 4.78 is 0. The second kappa shape index (κ2) is 10.0. The summed E-state index contributed by atoms with van der Waals surface area (Å²) in [6.45, 7) is 7.42. The standard InChI is InChI=1S/C24H29N5O2/c1-4-10-29(11-5-2)24(31)19-12-17-7-8-18(13-21(17)28-22(25)14-19)23(30)27-20-9-6-16(3)26-15-20/h6-9,12-13,15H,4-5,10-11,14H2,1-3H3,(H2,25,28)(H,27,30). The third-order valence-electron chi connectivity index (χ3n) is 4.98. The Morgan fingerprint density at radius 1 is 1.13 bits per heavy atom. The van der Waals surface area contributed by atoms with E-state index < -0.39 is 0 Å². The van der Waals surface area contributed by atoms with Gasteiger partial charge in [0.15, 0.2) is 0 Å². The molecule has 2 aromatic rings. The van der Waals surface area contributed by atoms with E-state index in [-0.39, 0.29) is 18.2 Å². The summed E-state index contributed by atoms with van der Waals surface area (Å²) >= 11 is 0. The number of aromatic nitrogens is 1. The molecule has 3 rings (SSSR count).